The van der Waals surface area contributed by atoms with Crippen LogP contribution in [0.3, 0.4) is 0 Å². The molecule has 0 aliphatic carbocycles. The minimum absolute atomic E-state index is 0.0110. The van der Waals surface area contributed by atoms with Gasteiger partial charge in [0.1, 0.15) is 0 Å². The highest BCUT2D eigenvalue weighted by atomic mass is 35.5. The lowest BCUT2D eigenvalue weighted by molar-refractivity contribution is -0.137. The average Bonchev–Trinajstić information content (AvgIpc) is 3.22. The van der Waals surface area contributed by atoms with Crippen LogP contribution in [0.1, 0.15) is 28.8 Å². The second-order valence-electron chi connectivity index (χ2n) is 6.60. The van der Waals surface area contributed by atoms with E-state index in [1.54, 1.807) is 0 Å². The second-order valence-corrected chi connectivity index (χ2v) is 8.95. The van der Waals surface area contributed by atoms with Gasteiger partial charge in [0.05, 0.1) is 27.7 Å². The molecular weight excluding hydrogens is 429 g/mol. The molecule has 5 nitrogen and oxygen atoms in total. The van der Waals surface area contributed by atoms with E-state index in [0.29, 0.717) is 13.1 Å². The van der Waals surface area contributed by atoms with Crippen molar-refractivity contribution >= 4 is 33.1 Å². The van der Waals surface area contributed by atoms with Gasteiger partial charge in [-0.1, -0.05) is 11.6 Å². The zero-order chi connectivity index (χ0) is 21.2. The minimum Gasteiger partial charge on any atom is -0.376 e. The van der Waals surface area contributed by atoms with Gasteiger partial charge in [-0.3, -0.25) is 4.79 Å². The number of nitrogens with one attached hydrogen (secondary N) is 1. The standard InChI is InChI=1S/C19H18ClF3N2O3S/c20-16-8-5-14(19(21,22)23)11-17(16)24-12-18(26)13-3-6-15(7-4-13)29(27,28)25-9-1-2-10-25/h3-8,11,24H,1-2,9-10,12H2. The van der Waals surface area contributed by atoms with E-state index in [0.717, 1.165) is 31.0 Å². The number of hydrogen-bond donors (Lipinski definition) is 1. The Kier molecular flexibility index (Phi) is 6.21. The molecule has 156 valence electrons. The molecular formula is C19H18ClF3N2O3S. The minimum atomic E-state index is -4.53. The molecule has 1 aliphatic rings. The molecule has 0 saturated carbocycles. The zero-order valence-electron chi connectivity index (χ0n) is 15.2. The quantitative estimate of drug-likeness (QED) is 0.666. The Morgan fingerprint density at radius 2 is 1.69 bits per heavy atom. The monoisotopic (exact) mass is 446 g/mol. The van der Waals surface area contributed by atoms with E-state index in [4.69, 9.17) is 11.6 Å². The number of alkyl halides is 3. The molecule has 0 bridgehead atoms. The summed E-state index contributed by atoms with van der Waals surface area (Å²) in [4.78, 5) is 12.4. The first-order chi connectivity index (χ1) is 13.6. The van der Waals surface area contributed by atoms with Crippen LogP contribution in [-0.2, 0) is 16.2 Å². The molecule has 1 saturated heterocycles. The van der Waals surface area contributed by atoms with Crippen LogP contribution in [0.2, 0.25) is 5.02 Å². The Labute approximate surface area is 171 Å². The molecule has 1 aliphatic heterocycles. The first kappa shape index (κ1) is 21.6. The lowest BCUT2D eigenvalue weighted by Crippen LogP contribution is -2.27. The predicted octanol–water partition coefficient (Wildman–Crippen LogP) is 4.44. The molecule has 29 heavy (non-hydrogen) atoms. The first-order valence-electron chi connectivity index (χ1n) is 8.83. The van der Waals surface area contributed by atoms with E-state index in [9.17, 15) is 26.4 Å². The fraction of sp³-hybridized carbons (Fsp3) is 0.316. The van der Waals surface area contributed by atoms with Gasteiger partial charge in [0.2, 0.25) is 10.0 Å². The molecule has 3 rings (SSSR count). The molecule has 1 N–H and O–H groups in total. The van der Waals surface area contributed by atoms with Crippen molar-refractivity contribution in [1.29, 1.82) is 0 Å². The van der Waals surface area contributed by atoms with Gasteiger partial charge < -0.3 is 5.32 Å². The van der Waals surface area contributed by atoms with Crippen LogP contribution in [0.15, 0.2) is 47.4 Å². The smallest absolute Gasteiger partial charge is 0.376 e. The maximum atomic E-state index is 12.8. The van der Waals surface area contributed by atoms with Crippen LogP contribution in [0.25, 0.3) is 0 Å². The van der Waals surface area contributed by atoms with Crippen molar-refractivity contribution in [2.45, 2.75) is 23.9 Å². The summed E-state index contributed by atoms with van der Waals surface area (Å²) in [6, 6.07) is 8.29. The summed E-state index contributed by atoms with van der Waals surface area (Å²) < 4.78 is 64.9. The van der Waals surface area contributed by atoms with Crippen molar-refractivity contribution < 1.29 is 26.4 Å². The molecule has 2 aromatic rings. The number of rotatable bonds is 6. The number of benzene rings is 2. The molecule has 0 amide bonds. The van der Waals surface area contributed by atoms with Crippen molar-refractivity contribution in [3.05, 3.63) is 58.6 Å². The average molecular weight is 447 g/mol. The number of carbonyl (C=O) groups excluding carboxylic acids is 1. The number of anilines is 1. The third kappa shape index (κ3) is 4.91. The van der Waals surface area contributed by atoms with Crippen molar-refractivity contribution in [2.75, 3.05) is 25.0 Å². The highest BCUT2D eigenvalue weighted by Crippen LogP contribution is 2.33. The maximum absolute atomic E-state index is 12.8. The molecule has 1 fully saturated rings. The Morgan fingerprint density at radius 1 is 1.07 bits per heavy atom. The van der Waals surface area contributed by atoms with Gasteiger partial charge >= 0.3 is 6.18 Å². The number of carbonyl (C=O) groups is 1. The van der Waals surface area contributed by atoms with Crippen LogP contribution >= 0.6 is 11.6 Å². The van der Waals surface area contributed by atoms with Crippen LogP contribution in [0.4, 0.5) is 18.9 Å². The van der Waals surface area contributed by atoms with Crippen LogP contribution in [0.5, 0.6) is 0 Å². The van der Waals surface area contributed by atoms with E-state index >= 15 is 0 Å². The van der Waals surface area contributed by atoms with E-state index in [1.807, 2.05) is 0 Å². The van der Waals surface area contributed by atoms with Gasteiger partial charge in [-0.05, 0) is 55.3 Å². The van der Waals surface area contributed by atoms with Crippen LogP contribution in [0, 0.1) is 0 Å². The Hall–Kier alpha value is -2.10. The Bertz CT molecular complexity index is 1000. The fourth-order valence-corrected chi connectivity index (χ4v) is 4.71. The number of nitrogens with zero attached hydrogens (tertiary/aromatic N) is 1. The molecule has 0 aromatic heterocycles. The topological polar surface area (TPSA) is 66.5 Å². The van der Waals surface area contributed by atoms with Gasteiger partial charge in [-0.15, -0.1) is 0 Å². The van der Waals surface area contributed by atoms with E-state index in [1.165, 1.54) is 28.6 Å². The molecule has 1 heterocycles. The lowest BCUT2D eigenvalue weighted by Gasteiger charge is -2.15. The van der Waals surface area contributed by atoms with Gasteiger partial charge in [-0.25, -0.2) is 8.42 Å². The third-order valence-electron chi connectivity index (χ3n) is 4.61. The largest absolute Gasteiger partial charge is 0.416 e. The summed E-state index contributed by atoms with van der Waals surface area (Å²) in [6.45, 7) is 0.661. The summed E-state index contributed by atoms with van der Waals surface area (Å²) in [7, 11) is -3.58. The highest BCUT2D eigenvalue weighted by Gasteiger charge is 2.31. The van der Waals surface area contributed by atoms with Gasteiger partial charge in [0.25, 0.3) is 0 Å². The van der Waals surface area contributed by atoms with Crippen LogP contribution in [-0.4, -0.2) is 38.1 Å². The van der Waals surface area contributed by atoms with Gasteiger partial charge in [-0.2, -0.15) is 17.5 Å². The first-order valence-corrected chi connectivity index (χ1v) is 10.6. The summed E-state index contributed by atoms with van der Waals surface area (Å²) in [6.07, 6.45) is -2.89. The van der Waals surface area contributed by atoms with Gasteiger partial charge in [0, 0.05) is 18.7 Å². The Balaban J connectivity index is 1.69. The number of halogens is 4. The lowest BCUT2D eigenvalue weighted by atomic mass is 10.1. The highest BCUT2D eigenvalue weighted by molar-refractivity contribution is 7.89. The number of ketones is 1. The molecule has 2 aromatic carbocycles. The van der Waals surface area contributed by atoms with E-state index in [2.05, 4.69) is 5.32 Å². The summed E-state index contributed by atoms with van der Waals surface area (Å²) in [5.74, 6) is -0.413. The van der Waals surface area contributed by atoms with Crippen molar-refractivity contribution in [3.8, 4) is 0 Å². The van der Waals surface area contributed by atoms with Crippen LogP contribution < -0.4 is 5.32 Å². The van der Waals surface area contributed by atoms with Gasteiger partial charge in [0.15, 0.2) is 5.78 Å². The number of Topliss-reactive ketones (excluding diaryl/α,β-unsaturated/α-hetero) is 1. The maximum Gasteiger partial charge on any atom is 0.416 e. The SMILES string of the molecule is O=C(CNc1cc(C(F)(F)F)ccc1Cl)c1ccc(S(=O)(=O)N2CCCC2)cc1. The predicted molar refractivity (Wildman–Crippen MR) is 104 cm³/mol. The van der Waals surface area contributed by atoms with Crippen molar-refractivity contribution in [2.24, 2.45) is 0 Å². The third-order valence-corrected chi connectivity index (χ3v) is 6.85. The number of hydrogen-bond acceptors (Lipinski definition) is 4. The van der Waals surface area contributed by atoms with Crippen molar-refractivity contribution in [1.82, 2.24) is 4.31 Å². The molecule has 0 atom stereocenters. The second kappa shape index (κ2) is 8.33. The zero-order valence-corrected chi connectivity index (χ0v) is 16.7. The van der Waals surface area contributed by atoms with E-state index < -0.39 is 27.5 Å². The Morgan fingerprint density at radius 3 is 2.28 bits per heavy atom. The molecule has 10 heteroatoms. The summed E-state index contributed by atoms with van der Waals surface area (Å²) in [5, 5.41) is 2.66. The van der Waals surface area contributed by atoms with Crippen molar-refractivity contribution in [3.63, 3.8) is 0 Å². The number of sulfonamides is 1. The summed E-state index contributed by atoms with van der Waals surface area (Å²) >= 11 is 5.90. The summed E-state index contributed by atoms with van der Waals surface area (Å²) in [5.41, 5.74) is -0.655. The normalized spacial score (nSPS) is 15.4. The molecule has 0 spiro atoms. The fourth-order valence-electron chi connectivity index (χ4n) is 3.00. The molecule has 0 radical (unpaired) electrons. The molecule has 0 unspecified atom stereocenters. The van der Waals surface area contributed by atoms with E-state index in [-0.39, 0.29) is 27.7 Å².